The summed E-state index contributed by atoms with van der Waals surface area (Å²) in [7, 11) is 0. The molecule has 1 heterocycles. The summed E-state index contributed by atoms with van der Waals surface area (Å²) in [4.78, 5) is 17.0. The minimum atomic E-state index is 0.325. The van der Waals surface area contributed by atoms with E-state index in [2.05, 4.69) is 23.6 Å². The predicted molar refractivity (Wildman–Crippen MR) is 74.7 cm³/mol. The maximum Gasteiger partial charge on any atom is 0.137 e. The summed E-state index contributed by atoms with van der Waals surface area (Å²) < 4.78 is 0. The normalized spacial score (nSPS) is 31.8. The third kappa shape index (κ3) is 3.79. The lowest BCUT2D eigenvalue weighted by molar-refractivity contribution is -0.126. The van der Waals surface area contributed by atoms with E-state index in [-0.39, 0.29) is 0 Å². The second kappa shape index (κ2) is 6.67. The number of Topliss-reactive ketones (excluding diaryl/α,β-unsaturated/α-hetero) is 1. The molecule has 3 heteroatoms. The van der Waals surface area contributed by atoms with Crippen LogP contribution in [-0.2, 0) is 4.79 Å². The van der Waals surface area contributed by atoms with Crippen molar-refractivity contribution < 1.29 is 4.79 Å². The Morgan fingerprint density at radius 3 is 2.50 bits per heavy atom. The monoisotopic (exact) mass is 252 g/mol. The molecule has 2 fully saturated rings. The fraction of sp³-hybridized carbons (Fsp3) is 0.933. The van der Waals surface area contributed by atoms with Crippen LogP contribution in [0, 0.1) is 11.8 Å². The van der Waals surface area contributed by atoms with E-state index >= 15 is 0 Å². The largest absolute Gasteiger partial charge is 0.301 e. The molecule has 1 saturated carbocycles. The number of rotatable bonds is 4. The lowest BCUT2D eigenvalue weighted by Gasteiger charge is -2.37. The van der Waals surface area contributed by atoms with Crippen LogP contribution in [0.2, 0.25) is 0 Å². The highest BCUT2D eigenvalue weighted by atomic mass is 16.1. The third-order valence-corrected chi connectivity index (χ3v) is 4.51. The van der Waals surface area contributed by atoms with Gasteiger partial charge in [-0.1, -0.05) is 13.8 Å². The average molecular weight is 252 g/mol. The average Bonchev–Trinajstić information content (AvgIpc) is 2.37. The summed E-state index contributed by atoms with van der Waals surface area (Å²) in [5.74, 6) is 1.59. The first-order valence-electron chi connectivity index (χ1n) is 7.66. The van der Waals surface area contributed by atoms with Crippen LogP contribution < -0.4 is 0 Å². The number of piperazine rings is 1. The number of ketones is 1. The molecule has 0 radical (unpaired) electrons. The number of hydrogen-bond acceptors (Lipinski definition) is 3. The summed E-state index contributed by atoms with van der Waals surface area (Å²) in [5.41, 5.74) is 0. The zero-order valence-electron chi connectivity index (χ0n) is 12.0. The van der Waals surface area contributed by atoms with Crippen molar-refractivity contribution in [1.82, 2.24) is 9.80 Å². The van der Waals surface area contributed by atoms with E-state index in [1.165, 1.54) is 26.1 Å². The molecule has 0 aromatic heterocycles. The van der Waals surface area contributed by atoms with Crippen molar-refractivity contribution in [1.29, 1.82) is 0 Å². The molecule has 0 N–H and O–H groups in total. The van der Waals surface area contributed by atoms with Crippen LogP contribution in [0.5, 0.6) is 0 Å². The zero-order chi connectivity index (χ0) is 13.0. The highest BCUT2D eigenvalue weighted by Crippen LogP contribution is 2.26. The minimum absolute atomic E-state index is 0.325. The Morgan fingerprint density at radius 1 is 1.17 bits per heavy atom. The highest BCUT2D eigenvalue weighted by Gasteiger charge is 2.29. The zero-order valence-corrected chi connectivity index (χ0v) is 12.0. The van der Waals surface area contributed by atoms with Crippen LogP contribution in [0.4, 0.5) is 0 Å². The summed E-state index contributed by atoms with van der Waals surface area (Å²) in [6, 6.07) is 0. The molecule has 1 aliphatic carbocycles. The Balaban J connectivity index is 1.75. The lowest BCUT2D eigenvalue weighted by atomic mass is 9.81. The maximum atomic E-state index is 11.9. The molecule has 0 aromatic rings. The molecule has 1 aliphatic heterocycles. The van der Waals surface area contributed by atoms with Crippen LogP contribution in [-0.4, -0.2) is 54.9 Å². The van der Waals surface area contributed by atoms with Crippen molar-refractivity contribution in [3.8, 4) is 0 Å². The van der Waals surface area contributed by atoms with Crippen molar-refractivity contribution in [3.63, 3.8) is 0 Å². The molecule has 2 unspecified atom stereocenters. The first kappa shape index (κ1) is 14.0. The summed E-state index contributed by atoms with van der Waals surface area (Å²) in [6.07, 6.45) is 4.30. The summed E-state index contributed by atoms with van der Waals surface area (Å²) >= 11 is 0. The Bertz CT molecular complexity index is 272. The molecule has 2 aliphatic rings. The number of nitrogens with zero attached hydrogens (tertiary/aromatic N) is 2. The Hall–Kier alpha value is -0.410. The third-order valence-electron chi connectivity index (χ3n) is 4.51. The minimum Gasteiger partial charge on any atom is -0.301 e. The van der Waals surface area contributed by atoms with Crippen LogP contribution in [0.25, 0.3) is 0 Å². The van der Waals surface area contributed by atoms with Crippen molar-refractivity contribution in [3.05, 3.63) is 0 Å². The second-order valence-electron chi connectivity index (χ2n) is 6.19. The molecule has 1 saturated heterocycles. The van der Waals surface area contributed by atoms with Gasteiger partial charge in [0.05, 0.1) is 0 Å². The van der Waals surface area contributed by atoms with Gasteiger partial charge in [-0.25, -0.2) is 0 Å². The van der Waals surface area contributed by atoms with E-state index in [4.69, 9.17) is 0 Å². The maximum absolute atomic E-state index is 11.9. The van der Waals surface area contributed by atoms with Crippen LogP contribution in [0.15, 0.2) is 0 Å². The fourth-order valence-corrected chi connectivity index (χ4v) is 3.33. The molecule has 0 amide bonds. The van der Waals surface area contributed by atoms with Gasteiger partial charge in [0.2, 0.25) is 0 Å². The number of carbonyl (C=O) groups is 1. The van der Waals surface area contributed by atoms with Gasteiger partial charge in [0.25, 0.3) is 0 Å². The van der Waals surface area contributed by atoms with Gasteiger partial charge in [0.1, 0.15) is 5.78 Å². The molecule has 18 heavy (non-hydrogen) atoms. The lowest BCUT2D eigenvalue weighted by Crippen LogP contribution is -2.49. The molecule has 2 rings (SSSR count). The first-order chi connectivity index (χ1) is 8.69. The van der Waals surface area contributed by atoms with Gasteiger partial charge in [-0.15, -0.1) is 0 Å². The fourth-order valence-electron chi connectivity index (χ4n) is 3.33. The second-order valence-corrected chi connectivity index (χ2v) is 6.19. The van der Waals surface area contributed by atoms with E-state index in [9.17, 15) is 4.79 Å². The Morgan fingerprint density at radius 2 is 1.83 bits per heavy atom. The van der Waals surface area contributed by atoms with Crippen molar-refractivity contribution in [2.24, 2.45) is 11.8 Å². The van der Waals surface area contributed by atoms with Gasteiger partial charge in [0.15, 0.2) is 0 Å². The SMILES string of the molecule is CCCN1CCN(CC2CC(C)CCC2=O)CC1. The van der Waals surface area contributed by atoms with Gasteiger partial charge >= 0.3 is 0 Å². The quantitative estimate of drug-likeness (QED) is 0.765. The topological polar surface area (TPSA) is 23.6 Å². The van der Waals surface area contributed by atoms with Gasteiger partial charge < -0.3 is 9.80 Å². The van der Waals surface area contributed by atoms with Gasteiger partial charge in [-0.3, -0.25) is 4.79 Å². The van der Waals surface area contributed by atoms with E-state index in [1.54, 1.807) is 0 Å². The molecule has 0 aromatic carbocycles. The summed E-state index contributed by atoms with van der Waals surface area (Å²) in [6.45, 7) is 11.5. The molecule has 0 bridgehead atoms. The number of hydrogen-bond donors (Lipinski definition) is 0. The van der Waals surface area contributed by atoms with Crippen LogP contribution >= 0.6 is 0 Å². The van der Waals surface area contributed by atoms with Crippen molar-refractivity contribution >= 4 is 5.78 Å². The summed E-state index contributed by atoms with van der Waals surface area (Å²) in [5, 5.41) is 0. The van der Waals surface area contributed by atoms with E-state index in [0.717, 1.165) is 44.8 Å². The van der Waals surface area contributed by atoms with E-state index < -0.39 is 0 Å². The van der Waals surface area contributed by atoms with E-state index in [0.29, 0.717) is 11.7 Å². The van der Waals surface area contributed by atoms with Crippen molar-refractivity contribution in [2.45, 2.75) is 39.5 Å². The molecule has 0 spiro atoms. The van der Waals surface area contributed by atoms with Crippen LogP contribution in [0.3, 0.4) is 0 Å². The molecular formula is C15H28N2O. The molecule has 3 nitrogen and oxygen atoms in total. The van der Waals surface area contributed by atoms with Gasteiger partial charge in [-0.05, 0) is 31.7 Å². The standard InChI is InChI=1S/C15H28N2O/c1-3-6-16-7-9-17(10-8-16)12-14-11-13(2)4-5-15(14)18/h13-14H,3-12H2,1-2H3. The van der Waals surface area contributed by atoms with Crippen molar-refractivity contribution in [2.75, 3.05) is 39.3 Å². The van der Waals surface area contributed by atoms with E-state index in [1.807, 2.05) is 0 Å². The van der Waals surface area contributed by atoms with Gasteiger partial charge in [0, 0.05) is 45.1 Å². The van der Waals surface area contributed by atoms with Gasteiger partial charge in [-0.2, -0.15) is 0 Å². The Labute approximate surface area is 112 Å². The highest BCUT2D eigenvalue weighted by molar-refractivity contribution is 5.81. The number of carbonyl (C=O) groups excluding carboxylic acids is 1. The first-order valence-corrected chi connectivity index (χ1v) is 7.66. The Kier molecular flexibility index (Phi) is 5.19. The van der Waals surface area contributed by atoms with Crippen LogP contribution in [0.1, 0.15) is 39.5 Å². The molecular weight excluding hydrogens is 224 g/mol. The molecule has 2 atom stereocenters. The smallest absolute Gasteiger partial charge is 0.137 e. The molecule has 104 valence electrons. The predicted octanol–water partition coefficient (Wildman–Crippen LogP) is 2.02.